The Bertz CT molecular complexity index is 1060. The molecule has 160 valence electrons. The van der Waals surface area contributed by atoms with E-state index in [9.17, 15) is 23.3 Å². The van der Waals surface area contributed by atoms with E-state index in [2.05, 4.69) is 5.32 Å². The van der Waals surface area contributed by atoms with Crippen molar-refractivity contribution >= 4 is 38.9 Å². The largest absolute Gasteiger partial charge is 0.322 e. The molecule has 0 bridgehead atoms. The number of nitrogens with zero attached hydrogens (tertiary/aromatic N) is 2. The lowest BCUT2D eigenvalue weighted by atomic mass is 9.94. The summed E-state index contributed by atoms with van der Waals surface area (Å²) in [5.41, 5.74) is 0.0525. The van der Waals surface area contributed by atoms with Crippen molar-refractivity contribution in [2.45, 2.75) is 25.2 Å². The van der Waals surface area contributed by atoms with Gasteiger partial charge in [0.15, 0.2) is 0 Å². The van der Waals surface area contributed by atoms with Crippen LogP contribution in [0.3, 0.4) is 0 Å². The Balaban J connectivity index is 1.77. The summed E-state index contributed by atoms with van der Waals surface area (Å²) in [7, 11) is -3.62. The van der Waals surface area contributed by atoms with Crippen LogP contribution in [0.5, 0.6) is 0 Å². The third-order valence-corrected chi connectivity index (χ3v) is 7.17. The summed E-state index contributed by atoms with van der Waals surface area (Å²) in [4.78, 5) is 22.9. The molecule has 0 radical (unpaired) electrons. The Morgan fingerprint density at radius 3 is 2.30 bits per heavy atom. The molecule has 1 N–H and O–H groups in total. The second kappa shape index (κ2) is 8.71. The molecule has 0 saturated carbocycles. The number of nitro benzene ring substituents is 1. The maximum absolute atomic E-state index is 12.9. The Morgan fingerprint density at radius 2 is 1.73 bits per heavy atom. The number of benzene rings is 2. The fraction of sp³-hybridized carbons (Fsp3) is 0.350. The molecule has 2 aromatic carbocycles. The zero-order valence-corrected chi connectivity index (χ0v) is 18.1. The van der Waals surface area contributed by atoms with Gasteiger partial charge >= 0.3 is 0 Å². The van der Waals surface area contributed by atoms with Crippen molar-refractivity contribution in [3.63, 3.8) is 0 Å². The lowest BCUT2D eigenvalue weighted by Crippen LogP contribution is -2.42. The summed E-state index contributed by atoms with van der Waals surface area (Å²) in [5, 5.41) is 13.6. The highest BCUT2D eigenvalue weighted by atomic mass is 35.5. The minimum atomic E-state index is -3.62. The van der Waals surface area contributed by atoms with Crippen LogP contribution in [0.4, 0.5) is 11.4 Å². The molecule has 1 fully saturated rings. The van der Waals surface area contributed by atoms with Gasteiger partial charge in [-0.15, -0.1) is 0 Å². The van der Waals surface area contributed by atoms with Crippen LogP contribution in [-0.4, -0.2) is 36.6 Å². The topological polar surface area (TPSA) is 110 Å². The first-order chi connectivity index (χ1) is 14.1. The average molecular weight is 452 g/mol. The lowest BCUT2D eigenvalue weighted by molar-refractivity contribution is -0.384. The third-order valence-electron chi connectivity index (χ3n) is 4.99. The molecule has 3 rings (SSSR count). The van der Waals surface area contributed by atoms with Crippen molar-refractivity contribution in [3.8, 4) is 0 Å². The van der Waals surface area contributed by atoms with Crippen LogP contribution in [0.1, 0.15) is 30.6 Å². The first kappa shape index (κ1) is 22.2. The van der Waals surface area contributed by atoms with Crippen LogP contribution in [0.15, 0.2) is 47.4 Å². The number of carbonyl (C=O) groups is 1. The van der Waals surface area contributed by atoms with Crippen LogP contribution in [0.25, 0.3) is 0 Å². The number of hydrogen-bond acceptors (Lipinski definition) is 5. The van der Waals surface area contributed by atoms with Crippen molar-refractivity contribution in [2.75, 3.05) is 18.4 Å². The second-order valence-corrected chi connectivity index (χ2v) is 10.0. The van der Waals surface area contributed by atoms with Crippen molar-refractivity contribution in [3.05, 3.63) is 63.2 Å². The molecular weight excluding hydrogens is 430 g/mol. The molecule has 1 aliphatic heterocycles. The quantitative estimate of drug-likeness (QED) is 0.542. The molecule has 1 heterocycles. The van der Waals surface area contributed by atoms with E-state index in [1.54, 1.807) is 0 Å². The van der Waals surface area contributed by atoms with Crippen LogP contribution in [0.2, 0.25) is 5.02 Å². The van der Waals surface area contributed by atoms with E-state index in [-0.39, 0.29) is 21.2 Å². The van der Waals surface area contributed by atoms with Crippen LogP contribution in [0, 0.1) is 22.0 Å². The number of rotatable bonds is 5. The summed E-state index contributed by atoms with van der Waals surface area (Å²) in [6.07, 6.45) is 0.997. The van der Waals surface area contributed by atoms with E-state index in [0.717, 1.165) is 12.5 Å². The number of nitrogens with one attached hydrogen (secondary N) is 1. The second-order valence-electron chi connectivity index (χ2n) is 7.67. The minimum Gasteiger partial charge on any atom is -0.322 e. The van der Waals surface area contributed by atoms with Crippen molar-refractivity contribution in [1.82, 2.24) is 4.31 Å². The standard InChI is InChI=1S/C20H22ClN3O5S/c1-13-9-14(2)12-23(11-13)30(28,29)17-6-3-15(4-7-17)22-20(25)18-10-16(24(26)27)5-8-19(18)21/h3-8,10,13-14H,9,11-12H2,1-2H3,(H,22,25). The van der Waals surface area contributed by atoms with Gasteiger partial charge in [-0.1, -0.05) is 25.4 Å². The van der Waals surface area contributed by atoms with Gasteiger partial charge in [0.25, 0.3) is 11.6 Å². The number of anilines is 1. The molecule has 2 unspecified atom stereocenters. The molecule has 2 atom stereocenters. The van der Waals surface area contributed by atoms with Crippen molar-refractivity contribution in [1.29, 1.82) is 0 Å². The Labute approximate surface area is 180 Å². The zero-order valence-electron chi connectivity index (χ0n) is 16.5. The van der Waals surface area contributed by atoms with Crippen LogP contribution in [-0.2, 0) is 10.0 Å². The summed E-state index contributed by atoms with van der Waals surface area (Å²) in [6.45, 7) is 5.04. The molecule has 0 aliphatic carbocycles. The van der Waals surface area contributed by atoms with E-state index in [1.807, 2.05) is 13.8 Å². The normalized spacial score (nSPS) is 20.0. The number of hydrogen-bond donors (Lipinski definition) is 1. The van der Waals surface area contributed by atoms with E-state index < -0.39 is 20.9 Å². The summed E-state index contributed by atoms with van der Waals surface area (Å²) in [6, 6.07) is 9.41. The molecule has 2 aromatic rings. The third kappa shape index (κ3) is 4.80. The maximum Gasteiger partial charge on any atom is 0.270 e. The number of non-ortho nitro benzene ring substituents is 1. The monoisotopic (exact) mass is 451 g/mol. The first-order valence-corrected chi connectivity index (χ1v) is 11.2. The van der Waals surface area contributed by atoms with Gasteiger partial charge in [0.2, 0.25) is 10.0 Å². The maximum atomic E-state index is 12.9. The number of piperidine rings is 1. The SMILES string of the molecule is CC1CC(C)CN(S(=O)(=O)c2ccc(NC(=O)c3cc([N+](=O)[O-])ccc3Cl)cc2)C1. The van der Waals surface area contributed by atoms with Crippen LogP contribution >= 0.6 is 11.6 Å². The number of amides is 1. The molecule has 1 aliphatic rings. The fourth-order valence-electron chi connectivity index (χ4n) is 3.66. The summed E-state index contributed by atoms with van der Waals surface area (Å²) >= 11 is 5.99. The first-order valence-electron chi connectivity index (χ1n) is 9.43. The van der Waals surface area contributed by atoms with E-state index >= 15 is 0 Å². The highest BCUT2D eigenvalue weighted by molar-refractivity contribution is 7.89. The number of halogens is 1. The van der Waals surface area contributed by atoms with Gasteiger partial charge in [0.05, 0.1) is 20.4 Å². The van der Waals surface area contributed by atoms with Crippen molar-refractivity contribution in [2.24, 2.45) is 11.8 Å². The molecule has 0 aromatic heterocycles. The molecule has 8 nitrogen and oxygen atoms in total. The van der Waals surface area contributed by atoms with Gasteiger partial charge in [-0.2, -0.15) is 4.31 Å². The molecule has 0 spiro atoms. The Morgan fingerprint density at radius 1 is 1.13 bits per heavy atom. The predicted molar refractivity (Wildman–Crippen MR) is 114 cm³/mol. The van der Waals surface area contributed by atoms with Gasteiger partial charge in [0, 0.05) is 30.9 Å². The predicted octanol–water partition coefficient (Wildman–Crippen LogP) is 4.17. The molecular formula is C20H22ClN3O5S. The van der Waals surface area contributed by atoms with Gasteiger partial charge in [-0.3, -0.25) is 14.9 Å². The van der Waals surface area contributed by atoms with E-state index in [1.165, 1.54) is 40.7 Å². The number of sulfonamides is 1. The average Bonchev–Trinajstić information content (AvgIpc) is 2.67. The minimum absolute atomic E-state index is 0.0427. The highest BCUT2D eigenvalue weighted by Gasteiger charge is 2.31. The molecule has 1 amide bonds. The molecule has 30 heavy (non-hydrogen) atoms. The smallest absolute Gasteiger partial charge is 0.270 e. The number of nitro groups is 1. The lowest BCUT2D eigenvalue weighted by Gasteiger charge is -2.34. The fourth-order valence-corrected chi connectivity index (χ4v) is 5.54. The van der Waals surface area contributed by atoms with E-state index in [0.29, 0.717) is 30.6 Å². The zero-order chi connectivity index (χ0) is 22.1. The van der Waals surface area contributed by atoms with Gasteiger partial charge in [-0.05, 0) is 48.6 Å². The van der Waals surface area contributed by atoms with Crippen LogP contribution < -0.4 is 5.32 Å². The van der Waals surface area contributed by atoms with Crippen molar-refractivity contribution < 1.29 is 18.1 Å². The Kier molecular flexibility index (Phi) is 6.44. The van der Waals surface area contributed by atoms with Gasteiger partial charge < -0.3 is 5.32 Å². The number of carbonyl (C=O) groups excluding carboxylic acids is 1. The summed E-state index contributed by atoms with van der Waals surface area (Å²) in [5.74, 6) is -0.0403. The summed E-state index contributed by atoms with van der Waals surface area (Å²) < 4.78 is 27.4. The molecule has 10 heteroatoms. The van der Waals surface area contributed by atoms with Gasteiger partial charge in [0.1, 0.15) is 0 Å². The molecule has 1 saturated heterocycles. The Hall–Kier alpha value is -2.49. The van der Waals surface area contributed by atoms with E-state index in [4.69, 9.17) is 11.6 Å². The highest BCUT2D eigenvalue weighted by Crippen LogP contribution is 2.28. The van der Waals surface area contributed by atoms with Gasteiger partial charge in [-0.25, -0.2) is 8.42 Å².